The van der Waals surface area contributed by atoms with Crippen molar-refractivity contribution in [1.82, 2.24) is 20.7 Å². The van der Waals surface area contributed by atoms with Crippen LogP contribution in [-0.2, 0) is 43.2 Å². The monoisotopic (exact) mass is 843 g/mol. The first-order chi connectivity index (χ1) is 27.0. The zero-order chi connectivity index (χ0) is 43.0. The van der Waals surface area contributed by atoms with Gasteiger partial charge in [-0.05, 0) is 78.9 Å². The van der Waals surface area contributed by atoms with Gasteiger partial charge in [-0.3, -0.25) is 14.9 Å². The third-order valence-electron chi connectivity index (χ3n) is 8.99. The summed E-state index contributed by atoms with van der Waals surface area (Å²) in [7, 11) is -4.35. The van der Waals surface area contributed by atoms with Crippen molar-refractivity contribution in [2.75, 3.05) is 19.7 Å². The minimum Gasteiger partial charge on any atom is -0.468 e. The van der Waals surface area contributed by atoms with Crippen LogP contribution in [0.25, 0.3) is 0 Å². The lowest BCUT2D eigenvalue weighted by molar-refractivity contribution is -0.387. The molecule has 9 atom stereocenters. The van der Waals surface area contributed by atoms with Crippen molar-refractivity contribution in [2.24, 2.45) is 5.92 Å². The van der Waals surface area contributed by atoms with Crippen molar-refractivity contribution < 1.29 is 66.4 Å². The van der Waals surface area contributed by atoms with Crippen LogP contribution in [-0.4, -0.2) is 122 Å². The van der Waals surface area contributed by atoms with E-state index in [4.69, 9.17) is 28.4 Å². The molecule has 1 aromatic carbocycles. The number of hydrogen-bond acceptors (Lipinski definition) is 15. The SMILES string of the molecule is C[C@@H]1CO[C@H](O[C@@H]2[C@@H](O)[C@H](O[C@@H]3CCC=C(CNS(=O)(=O)c4ccccc4[N+](=O)[O-])O3)[C@@H](NC(=O)OC(C)(C)C)C[C@H]2NC(=O)CCNC(=O)OC(C)(C)C)[C@H](O)C1. The summed E-state index contributed by atoms with van der Waals surface area (Å²) >= 11 is 0. The number of carbonyl (C=O) groups is 3. The number of ether oxygens (including phenoxy) is 6. The summed E-state index contributed by atoms with van der Waals surface area (Å²) in [4.78, 5) is 48.7. The largest absolute Gasteiger partial charge is 0.468 e. The fourth-order valence-corrected chi connectivity index (χ4v) is 7.70. The Labute approximate surface area is 337 Å². The Morgan fingerprint density at radius 3 is 2.24 bits per heavy atom. The average molecular weight is 844 g/mol. The maximum atomic E-state index is 13.3. The summed E-state index contributed by atoms with van der Waals surface area (Å²) in [6, 6.07) is 2.85. The fourth-order valence-electron chi connectivity index (χ4n) is 6.53. The molecule has 2 aliphatic heterocycles. The zero-order valence-corrected chi connectivity index (χ0v) is 34.6. The van der Waals surface area contributed by atoms with E-state index >= 15 is 0 Å². The van der Waals surface area contributed by atoms with Crippen molar-refractivity contribution in [2.45, 2.75) is 146 Å². The van der Waals surface area contributed by atoms with Gasteiger partial charge in [-0.2, -0.15) is 0 Å². The van der Waals surface area contributed by atoms with Gasteiger partial charge in [0.05, 0.1) is 30.2 Å². The molecule has 3 aliphatic rings. The van der Waals surface area contributed by atoms with Crippen LogP contribution in [0.5, 0.6) is 0 Å². The van der Waals surface area contributed by atoms with E-state index < -0.39 is 104 Å². The van der Waals surface area contributed by atoms with Crippen LogP contribution in [0.2, 0.25) is 0 Å². The number of carbonyl (C=O) groups excluding carboxylic acids is 3. The van der Waals surface area contributed by atoms with Gasteiger partial charge in [0.15, 0.2) is 17.5 Å². The van der Waals surface area contributed by atoms with Gasteiger partial charge in [-0.1, -0.05) is 19.1 Å². The molecular weight excluding hydrogens is 786 g/mol. The highest BCUT2D eigenvalue weighted by atomic mass is 32.2. The number of amides is 3. The number of allylic oxidation sites excluding steroid dienone is 1. The minimum absolute atomic E-state index is 0.0237. The van der Waals surface area contributed by atoms with Crippen molar-refractivity contribution in [1.29, 1.82) is 0 Å². The van der Waals surface area contributed by atoms with E-state index in [1.165, 1.54) is 12.1 Å². The van der Waals surface area contributed by atoms with Crippen LogP contribution in [0.1, 0.15) is 80.6 Å². The molecule has 6 N–H and O–H groups in total. The van der Waals surface area contributed by atoms with E-state index in [1.807, 2.05) is 6.92 Å². The number of nitrogens with zero attached hydrogens (tertiary/aromatic N) is 1. The summed E-state index contributed by atoms with van der Waals surface area (Å²) in [5.74, 6) is -0.383. The van der Waals surface area contributed by atoms with Crippen LogP contribution in [0.4, 0.5) is 15.3 Å². The number of nitro benzene ring substituents is 1. The van der Waals surface area contributed by atoms with Crippen molar-refractivity contribution in [3.05, 3.63) is 46.2 Å². The van der Waals surface area contributed by atoms with Gasteiger partial charge in [0.1, 0.15) is 41.4 Å². The van der Waals surface area contributed by atoms with Gasteiger partial charge in [0, 0.05) is 25.5 Å². The second-order valence-electron chi connectivity index (χ2n) is 16.5. The number of rotatable bonds is 14. The normalized spacial score (nSPS) is 27.9. The van der Waals surface area contributed by atoms with E-state index in [0.29, 0.717) is 12.8 Å². The number of nitrogens with one attached hydrogen (secondary N) is 4. The van der Waals surface area contributed by atoms with Gasteiger partial charge in [-0.25, -0.2) is 22.7 Å². The maximum Gasteiger partial charge on any atom is 0.407 e. The van der Waals surface area contributed by atoms with Gasteiger partial charge in [0.2, 0.25) is 15.9 Å². The van der Waals surface area contributed by atoms with E-state index in [9.17, 15) is 43.1 Å². The Hall–Kier alpha value is -4.12. The number of aliphatic hydroxyl groups excluding tert-OH is 2. The number of hydrogen-bond donors (Lipinski definition) is 6. The number of benzene rings is 1. The van der Waals surface area contributed by atoms with Crippen LogP contribution < -0.4 is 20.7 Å². The van der Waals surface area contributed by atoms with Crippen LogP contribution in [0, 0.1) is 16.0 Å². The van der Waals surface area contributed by atoms with Crippen molar-refractivity contribution in [3.8, 4) is 0 Å². The third kappa shape index (κ3) is 14.0. The molecule has 58 heavy (non-hydrogen) atoms. The van der Waals surface area contributed by atoms with E-state index in [2.05, 4.69) is 20.7 Å². The average Bonchev–Trinajstić information content (AvgIpc) is 3.10. The lowest BCUT2D eigenvalue weighted by Crippen LogP contribution is -2.67. The quantitative estimate of drug-likeness (QED) is 0.116. The molecule has 326 valence electrons. The predicted molar refractivity (Wildman–Crippen MR) is 204 cm³/mol. The Bertz CT molecular complexity index is 1750. The first kappa shape index (κ1) is 46.6. The predicted octanol–water partition coefficient (Wildman–Crippen LogP) is 2.46. The molecule has 3 amide bonds. The van der Waals surface area contributed by atoms with Crippen LogP contribution in [0.15, 0.2) is 41.0 Å². The lowest BCUT2D eigenvalue weighted by atomic mass is 9.83. The molecule has 0 bridgehead atoms. The fraction of sp³-hybridized carbons (Fsp3) is 0.703. The summed E-state index contributed by atoms with van der Waals surface area (Å²) < 4.78 is 63.4. The molecule has 0 spiro atoms. The van der Waals surface area contributed by atoms with Crippen LogP contribution >= 0.6 is 0 Å². The van der Waals surface area contributed by atoms with Gasteiger partial charge >= 0.3 is 12.2 Å². The molecule has 0 unspecified atom stereocenters. The smallest absolute Gasteiger partial charge is 0.407 e. The molecule has 2 fully saturated rings. The summed E-state index contributed by atoms with van der Waals surface area (Å²) in [6.07, 6.45) is -6.81. The van der Waals surface area contributed by atoms with Gasteiger partial charge in [0.25, 0.3) is 5.69 Å². The maximum absolute atomic E-state index is 13.3. The van der Waals surface area contributed by atoms with Crippen molar-refractivity contribution >= 4 is 33.8 Å². The molecule has 2 heterocycles. The molecule has 1 aromatic rings. The summed E-state index contributed by atoms with van der Waals surface area (Å²) in [6.45, 7) is 11.8. The standard InChI is InChI=1S/C37H57N5O15S/c1-21-17-26(43)33(52-20-21)55-32-23(40-28(44)15-16-38-34(46)56-36(2,3)4)18-24(41-35(47)57-37(5,6)7)31(30(32)45)54-29-14-10-11-22(53-29)19-39-58(50,51)27-13-9-8-12-25(27)42(48)49/h8-9,11-13,21,23-24,26,29-33,39,43,45H,10,14-20H2,1-7H3,(H,38,46)(H,40,44)(H,41,47)/t21-,23+,24-,26+,29+,30-,31+,32-,33+/m0/s1. The van der Waals surface area contributed by atoms with Crippen molar-refractivity contribution in [3.63, 3.8) is 0 Å². The molecule has 1 aliphatic carbocycles. The van der Waals surface area contributed by atoms with E-state index in [0.717, 1.165) is 12.1 Å². The highest BCUT2D eigenvalue weighted by molar-refractivity contribution is 7.89. The van der Waals surface area contributed by atoms with Gasteiger partial charge < -0.3 is 54.6 Å². The Kier molecular flexibility index (Phi) is 15.9. The number of aliphatic hydroxyl groups is 2. The molecular formula is C37H57N5O15S. The topological polar surface area (TPSA) is 272 Å². The Morgan fingerprint density at radius 1 is 0.948 bits per heavy atom. The molecule has 0 aromatic heterocycles. The van der Waals surface area contributed by atoms with Gasteiger partial charge in [-0.15, -0.1) is 0 Å². The molecule has 1 saturated carbocycles. The molecule has 20 nitrogen and oxygen atoms in total. The van der Waals surface area contributed by atoms with E-state index in [1.54, 1.807) is 47.6 Å². The second kappa shape index (κ2) is 19.8. The summed E-state index contributed by atoms with van der Waals surface area (Å²) in [5, 5.41) is 42.4. The zero-order valence-electron chi connectivity index (χ0n) is 33.8. The molecule has 4 rings (SSSR count). The number of nitro groups is 1. The highest BCUT2D eigenvalue weighted by Crippen LogP contribution is 2.32. The highest BCUT2D eigenvalue weighted by Gasteiger charge is 2.50. The Balaban J connectivity index is 1.54. The number of sulfonamides is 1. The minimum atomic E-state index is -4.35. The lowest BCUT2D eigenvalue weighted by Gasteiger charge is -2.47. The van der Waals surface area contributed by atoms with Crippen LogP contribution in [0.3, 0.4) is 0 Å². The molecule has 1 saturated heterocycles. The van der Waals surface area contributed by atoms with E-state index in [-0.39, 0.29) is 50.6 Å². The second-order valence-corrected chi connectivity index (χ2v) is 18.2. The summed E-state index contributed by atoms with van der Waals surface area (Å²) in [5.41, 5.74) is -2.26. The molecule has 0 radical (unpaired) electrons. The molecule has 21 heteroatoms. The first-order valence-corrected chi connectivity index (χ1v) is 20.6. The first-order valence-electron chi connectivity index (χ1n) is 19.1. The third-order valence-corrected chi connectivity index (χ3v) is 10.4. The number of alkyl carbamates (subject to hydrolysis) is 2. The Morgan fingerprint density at radius 2 is 1.59 bits per heavy atom. The number of para-hydroxylation sites is 1.